The van der Waals surface area contributed by atoms with Crippen LogP contribution < -0.4 is 0 Å². The zero-order chi connectivity index (χ0) is 15.6. The zero-order valence-electron chi connectivity index (χ0n) is 14.9. The minimum atomic E-state index is 0.580. The predicted octanol–water partition coefficient (Wildman–Crippen LogP) is 6.52. The molecule has 0 unspecified atom stereocenters. The largest absolute Gasteiger partial charge is 0.378 e. The Kier molecular flexibility index (Phi) is 8.59. The van der Waals surface area contributed by atoms with Crippen molar-refractivity contribution in [3.63, 3.8) is 0 Å². The Morgan fingerprint density at radius 1 is 0.864 bits per heavy atom. The van der Waals surface area contributed by atoms with E-state index in [4.69, 9.17) is 4.74 Å². The molecule has 0 atom stereocenters. The van der Waals surface area contributed by atoms with Gasteiger partial charge in [-0.05, 0) is 75.5 Å². The van der Waals surface area contributed by atoms with E-state index in [0.29, 0.717) is 6.10 Å². The molecule has 0 heterocycles. The molecular formula is C21H38O. The van der Waals surface area contributed by atoms with Gasteiger partial charge in [0.2, 0.25) is 0 Å². The number of hydrogen-bond donors (Lipinski definition) is 0. The van der Waals surface area contributed by atoms with E-state index in [-0.39, 0.29) is 0 Å². The van der Waals surface area contributed by atoms with Crippen LogP contribution in [0.5, 0.6) is 0 Å². The Hall–Kier alpha value is -0.300. The summed E-state index contributed by atoms with van der Waals surface area (Å²) in [6.07, 6.45) is 20.8. The summed E-state index contributed by atoms with van der Waals surface area (Å²) in [6.45, 7) is 7.21. The van der Waals surface area contributed by atoms with Gasteiger partial charge >= 0.3 is 0 Å². The van der Waals surface area contributed by atoms with Gasteiger partial charge in [0, 0.05) is 6.61 Å². The summed E-state index contributed by atoms with van der Waals surface area (Å²) in [5, 5.41) is 0. The average molecular weight is 307 g/mol. The van der Waals surface area contributed by atoms with Crippen molar-refractivity contribution >= 4 is 0 Å². The van der Waals surface area contributed by atoms with Crippen LogP contribution >= 0.6 is 0 Å². The van der Waals surface area contributed by atoms with Crippen molar-refractivity contribution < 1.29 is 4.74 Å². The van der Waals surface area contributed by atoms with E-state index in [9.17, 15) is 0 Å². The molecule has 0 amide bonds. The van der Waals surface area contributed by atoms with Crippen LogP contribution in [0.1, 0.15) is 90.4 Å². The number of unbranched alkanes of at least 4 members (excludes halogenated alkanes) is 2. The van der Waals surface area contributed by atoms with Crippen molar-refractivity contribution in [3.8, 4) is 0 Å². The molecule has 0 aromatic rings. The van der Waals surface area contributed by atoms with Gasteiger partial charge in [0.05, 0.1) is 6.10 Å². The zero-order valence-corrected chi connectivity index (χ0v) is 14.9. The Balaban J connectivity index is 1.51. The van der Waals surface area contributed by atoms with Crippen LogP contribution in [0.15, 0.2) is 12.7 Å². The maximum absolute atomic E-state index is 6.04. The van der Waals surface area contributed by atoms with Crippen molar-refractivity contribution in [2.45, 2.75) is 96.5 Å². The van der Waals surface area contributed by atoms with Crippen LogP contribution in [0.25, 0.3) is 0 Å². The summed E-state index contributed by atoms with van der Waals surface area (Å²) >= 11 is 0. The predicted molar refractivity (Wildman–Crippen MR) is 96.1 cm³/mol. The molecular weight excluding hydrogens is 268 g/mol. The van der Waals surface area contributed by atoms with Crippen LogP contribution in [-0.2, 0) is 4.74 Å². The number of allylic oxidation sites excluding steroid dienone is 1. The van der Waals surface area contributed by atoms with Gasteiger partial charge in [0.25, 0.3) is 0 Å². The lowest BCUT2D eigenvalue weighted by atomic mass is 9.77. The second-order valence-electron chi connectivity index (χ2n) is 7.81. The van der Waals surface area contributed by atoms with Crippen molar-refractivity contribution in [2.75, 3.05) is 6.61 Å². The van der Waals surface area contributed by atoms with Crippen molar-refractivity contribution in [3.05, 3.63) is 12.7 Å². The molecule has 0 N–H and O–H groups in total. The molecule has 128 valence electrons. The third-order valence-corrected chi connectivity index (χ3v) is 6.10. The van der Waals surface area contributed by atoms with E-state index in [2.05, 4.69) is 19.6 Å². The molecule has 22 heavy (non-hydrogen) atoms. The average Bonchev–Trinajstić information content (AvgIpc) is 2.58. The lowest BCUT2D eigenvalue weighted by Crippen LogP contribution is -2.23. The highest BCUT2D eigenvalue weighted by Crippen LogP contribution is 2.36. The first-order chi connectivity index (χ1) is 10.8. The topological polar surface area (TPSA) is 9.23 Å². The first kappa shape index (κ1) is 18.0. The van der Waals surface area contributed by atoms with Crippen molar-refractivity contribution in [2.24, 2.45) is 17.8 Å². The molecule has 2 saturated carbocycles. The highest BCUT2D eigenvalue weighted by atomic mass is 16.5. The molecule has 2 aliphatic rings. The maximum atomic E-state index is 6.04. The molecule has 2 rings (SSSR count). The van der Waals surface area contributed by atoms with E-state index < -0.39 is 0 Å². The van der Waals surface area contributed by atoms with Gasteiger partial charge in [-0.25, -0.2) is 0 Å². The maximum Gasteiger partial charge on any atom is 0.0575 e. The van der Waals surface area contributed by atoms with Gasteiger partial charge in [-0.2, -0.15) is 0 Å². The molecule has 0 aromatic carbocycles. The second kappa shape index (κ2) is 10.5. The molecule has 0 bridgehead atoms. The van der Waals surface area contributed by atoms with Crippen LogP contribution in [0.4, 0.5) is 0 Å². The molecule has 2 aliphatic carbocycles. The van der Waals surface area contributed by atoms with Gasteiger partial charge in [-0.3, -0.25) is 0 Å². The SMILES string of the molecule is C=C[C@H]1CC[C@H](CC[C@H]2CC[C@H](OCCCCC)CC2)CC1. The summed E-state index contributed by atoms with van der Waals surface area (Å²) in [5.74, 6) is 2.82. The normalized spacial score (nSPS) is 32.8. The molecule has 0 aliphatic heterocycles. The first-order valence-electron chi connectivity index (χ1n) is 10.1. The summed E-state index contributed by atoms with van der Waals surface area (Å²) in [4.78, 5) is 0. The van der Waals surface area contributed by atoms with Gasteiger partial charge in [-0.1, -0.05) is 38.7 Å². The van der Waals surface area contributed by atoms with Gasteiger partial charge in [0.15, 0.2) is 0 Å². The number of hydrogen-bond acceptors (Lipinski definition) is 1. The van der Waals surface area contributed by atoms with Crippen molar-refractivity contribution in [1.29, 1.82) is 0 Å². The summed E-state index contributed by atoms with van der Waals surface area (Å²) in [6, 6.07) is 0. The molecule has 1 nitrogen and oxygen atoms in total. The van der Waals surface area contributed by atoms with Crippen molar-refractivity contribution in [1.82, 2.24) is 0 Å². The third kappa shape index (κ3) is 6.44. The fourth-order valence-electron chi connectivity index (χ4n) is 4.37. The molecule has 0 spiro atoms. The van der Waals surface area contributed by atoms with E-state index in [0.717, 1.165) is 24.4 Å². The minimum absolute atomic E-state index is 0.580. The Morgan fingerprint density at radius 3 is 2.00 bits per heavy atom. The highest BCUT2D eigenvalue weighted by Gasteiger charge is 2.24. The van der Waals surface area contributed by atoms with Gasteiger partial charge in [-0.15, -0.1) is 6.58 Å². The van der Waals surface area contributed by atoms with E-state index in [1.807, 2.05) is 0 Å². The summed E-state index contributed by atoms with van der Waals surface area (Å²) < 4.78 is 6.04. The van der Waals surface area contributed by atoms with Crippen LogP contribution in [0.2, 0.25) is 0 Å². The Bertz CT molecular complexity index is 282. The molecule has 0 aromatic heterocycles. The van der Waals surface area contributed by atoms with E-state index >= 15 is 0 Å². The van der Waals surface area contributed by atoms with E-state index in [1.54, 1.807) is 0 Å². The highest BCUT2D eigenvalue weighted by molar-refractivity contribution is 4.84. The quantitative estimate of drug-likeness (QED) is 0.348. The fraction of sp³-hybridized carbons (Fsp3) is 0.905. The van der Waals surface area contributed by atoms with Crippen LogP contribution in [0, 0.1) is 17.8 Å². The number of rotatable bonds is 9. The number of ether oxygens (including phenoxy) is 1. The molecule has 0 saturated heterocycles. The Morgan fingerprint density at radius 2 is 1.45 bits per heavy atom. The Labute approximate surface area is 138 Å². The van der Waals surface area contributed by atoms with Gasteiger partial charge < -0.3 is 4.74 Å². The van der Waals surface area contributed by atoms with Crippen LogP contribution in [-0.4, -0.2) is 12.7 Å². The molecule has 2 fully saturated rings. The van der Waals surface area contributed by atoms with Crippen LogP contribution in [0.3, 0.4) is 0 Å². The summed E-state index contributed by atoms with van der Waals surface area (Å²) in [7, 11) is 0. The molecule has 1 heteroatoms. The second-order valence-corrected chi connectivity index (χ2v) is 7.81. The van der Waals surface area contributed by atoms with Gasteiger partial charge in [0.1, 0.15) is 0 Å². The summed E-state index contributed by atoms with van der Waals surface area (Å²) in [5.41, 5.74) is 0. The third-order valence-electron chi connectivity index (χ3n) is 6.10. The standard InChI is InChI=1S/C21H38O/c1-3-5-6-17-22-21-15-13-20(14-16-21)12-11-19-9-7-18(4-2)8-10-19/h4,18-21H,2-3,5-17H2,1H3/t18-,19-,20-,21-. The smallest absolute Gasteiger partial charge is 0.0575 e. The lowest BCUT2D eigenvalue weighted by molar-refractivity contribution is 0.0146. The lowest BCUT2D eigenvalue weighted by Gasteiger charge is -2.31. The first-order valence-corrected chi connectivity index (χ1v) is 10.1. The van der Waals surface area contributed by atoms with E-state index in [1.165, 1.54) is 83.5 Å². The minimum Gasteiger partial charge on any atom is -0.378 e. The fourth-order valence-corrected chi connectivity index (χ4v) is 4.37. The monoisotopic (exact) mass is 306 g/mol. The molecule has 0 radical (unpaired) electrons.